The number of esters is 1. The molecule has 0 aliphatic carbocycles. The van der Waals surface area contributed by atoms with Crippen LogP contribution in [0.1, 0.15) is 17.3 Å². The van der Waals surface area contributed by atoms with Crippen LogP contribution < -0.4 is 11.5 Å². The second-order valence-electron chi connectivity index (χ2n) is 4.11. The van der Waals surface area contributed by atoms with E-state index < -0.39 is 0 Å². The van der Waals surface area contributed by atoms with Crippen LogP contribution in [0.3, 0.4) is 0 Å². The molecule has 0 atom stereocenters. The minimum Gasteiger partial charge on any atom is -0.462 e. The molecule has 4 nitrogen and oxygen atoms in total. The summed E-state index contributed by atoms with van der Waals surface area (Å²) in [6.07, 6.45) is 0. The van der Waals surface area contributed by atoms with Gasteiger partial charge in [0.15, 0.2) is 0 Å². The Kier molecular flexibility index (Phi) is 3.71. The standard InChI is InChI=1S/C15H16N2O2/c1-2-19-15(18)12-6-4-3-5-11(12)10-7-8-13(16)14(17)9-10/h3-9H,2,16-17H2,1H3. The summed E-state index contributed by atoms with van der Waals surface area (Å²) in [5, 5.41) is 0. The summed E-state index contributed by atoms with van der Waals surface area (Å²) in [6, 6.07) is 12.6. The number of anilines is 2. The Labute approximate surface area is 112 Å². The van der Waals surface area contributed by atoms with Crippen LogP contribution >= 0.6 is 0 Å². The van der Waals surface area contributed by atoms with E-state index in [0.29, 0.717) is 23.5 Å². The number of ether oxygens (including phenoxy) is 1. The van der Waals surface area contributed by atoms with Gasteiger partial charge in [-0.25, -0.2) is 4.79 Å². The number of carbonyl (C=O) groups is 1. The predicted octanol–water partition coefficient (Wildman–Crippen LogP) is 2.69. The average Bonchev–Trinajstić information content (AvgIpc) is 2.42. The lowest BCUT2D eigenvalue weighted by Gasteiger charge is -2.10. The number of rotatable bonds is 3. The molecule has 0 saturated heterocycles. The minimum absolute atomic E-state index is 0.339. The van der Waals surface area contributed by atoms with Crippen LogP contribution in [-0.2, 0) is 4.74 Å². The molecule has 0 amide bonds. The highest BCUT2D eigenvalue weighted by molar-refractivity contribution is 5.97. The number of nitrogens with two attached hydrogens (primary N) is 2. The molecule has 19 heavy (non-hydrogen) atoms. The summed E-state index contributed by atoms with van der Waals surface area (Å²) >= 11 is 0. The maximum Gasteiger partial charge on any atom is 0.338 e. The van der Waals surface area contributed by atoms with Crippen LogP contribution in [0.15, 0.2) is 42.5 Å². The molecule has 0 unspecified atom stereocenters. The van der Waals surface area contributed by atoms with Gasteiger partial charge >= 0.3 is 5.97 Å². The number of hydrogen-bond donors (Lipinski definition) is 2. The molecule has 0 radical (unpaired) electrons. The summed E-state index contributed by atoms with van der Waals surface area (Å²) in [6.45, 7) is 2.12. The van der Waals surface area contributed by atoms with Crippen molar-refractivity contribution in [2.75, 3.05) is 18.1 Å². The Hall–Kier alpha value is -2.49. The molecule has 4 heteroatoms. The molecule has 0 heterocycles. The van der Waals surface area contributed by atoms with Crippen molar-refractivity contribution in [3.05, 3.63) is 48.0 Å². The van der Waals surface area contributed by atoms with E-state index >= 15 is 0 Å². The third-order valence-electron chi connectivity index (χ3n) is 2.82. The van der Waals surface area contributed by atoms with Crippen molar-refractivity contribution < 1.29 is 9.53 Å². The van der Waals surface area contributed by atoms with E-state index in [-0.39, 0.29) is 5.97 Å². The molecular formula is C15H16N2O2. The molecule has 0 aromatic heterocycles. The fourth-order valence-corrected chi connectivity index (χ4v) is 1.86. The second-order valence-corrected chi connectivity index (χ2v) is 4.11. The molecular weight excluding hydrogens is 240 g/mol. The van der Waals surface area contributed by atoms with Gasteiger partial charge in [-0.15, -0.1) is 0 Å². The Balaban J connectivity index is 2.49. The third kappa shape index (κ3) is 2.68. The van der Waals surface area contributed by atoms with Crippen LogP contribution in [0.2, 0.25) is 0 Å². The van der Waals surface area contributed by atoms with Gasteiger partial charge in [0.05, 0.1) is 23.5 Å². The Bertz CT molecular complexity index is 609. The summed E-state index contributed by atoms with van der Waals surface area (Å²) < 4.78 is 5.05. The molecule has 0 fully saturated rings. The molecule has 98 valence electrons. The molecule has 0 aliphatic rings. The first-order valence-corrected chi connectivity index (χ1v) is 6.05. The van der Waals surface area contributed by atoms with E-state index in [0.717, 1.165) is 11.1 Å². The number of hydrogen-bond acceptors (Lipinski definition) is 4. The average molecular weight is 256 g/mol. The molecule has 2 rings (SSSR count). The summed E-state index contributed by atoms with van der Waals surface area (Å²) in [7, 11) is 0. The smallest absolute Gasteiger partial charge is 0.338 e. The van der Waals surface area contributed by atoms with Crippen LogP contribution in [0.25, 0.3) is 11.1 Å². The zero-order valence-electron chi connectivity index (χ0n) is 10.7. The number of benzene rings is 2. The third-order valence-corrected chi connectivity index (χ3v) is 2.82. The maximum absolute atomic E-state index is 11.9. The normalized spacial score (nSPS) is 10.2. The first-order valence-electron chi connectivity index (χ1n) is 6.05. The van der Waals surface area contributed by atoms with Gasteiger partial charge in [0.1, 0.15) is 0 Å². The van der Waals surface area contributed by atoms with E-state index in [1.165, 1.54) is 0 Å². The lowest BCUT2D eigenvalue weighted by atomic mass is 9.99. The molecule has 2 aromatic rings. The van der Waals surface area contributed by atoms with Gasteiger partial charge in [-0.1, -0.05) is 24.3 Å². The monoisotopic (exact) mass is 256 g/mol. The zero-order chi connectivity index (χ0) is 13.8. The molecule has 0 bridgehead atoms. The van der Waals surface area contributed by atoms with Gasteiger partial charge in [-0.2, -0.15) is 0 Å². The second kappa shape index (κ2) is 5.44. The first-order chi connectivity index (χ1) is 9.13. The number of carbonyl (C=O) groups excluding carboxylic acids is 1. The first kappa shape index (κ1) is 13.0. The highest BCUT2D eigenvalue weighted by Crippen LogP contribution is 2.28. The van der Waals surface area contributed by atoms with E-state index in [4.69, 9.17) is 16.2 Å². The van der Waals surface area contributed by atoms with Gasteiger partial charge in [0.2, 0.25) is 0 Å². The highest BCUT2D eigenvalue weighted by atomic mass is 16.5. The van der Waals surface area contributed by atoms with Crippen LogP contribution in [0, 0.1) is 0 Å². The van der Waals surface area contributed by atoms with Crippen LogP contribution in [0.5, 0.6) is 0 Å². The summed E-state index contributed by atoms with van der Waals surface area (Å²) in [4.78, 5) is 11.9. The summed E-state index contributed by atoms with van der Waals surface area (Å²) in [5.74, 6) is -0.339. The molecule has 0 spiro atoms. The van der Waals surface area contributed by atoms with Gasteiger partial charge < -0.3 is 16.2 Å². The van der Waals surface area contributed by atoms with Crippen molar-refractivity contribution in [2.24, 2.45) is 0 Å². The minimum atomic E-state index is -0.339. The Morgan fingerprint density at radius 1 is 1.11 bits per heavy atom. The maximum atomic E-state index is 11.9. The van der Waals surface area contributed by atoms with E-state index in [1.807, 2.05) is 18.2 Å². The molecule has 0 aliphatic heterocycles. The largest absolute Gasteiger partial charge is 0.462 e. The fraction of sp³-hybridized carbons (Fsp3) is 0.133. The topological polar surface area (TPSA) is 78.3 Å². The van der Waals surface area contributed by atoms with Crippen molar-refractivity contribution >= 4 is 17.3 Å². The Morgan fingerprint density at radius 2 is 1.84 bits per heavy atom. The number of nitrogen functional groups attached to an aromatic ring is 2. The lowest BCUT2D eigenvalue weighted by molar-refractivity contribution is 0.0527. The lowest BCUT2D eigenvalue weighted by Crippen LogP contribution is -2.06. The molecule has 4 N–H and O–H groups in total. The van der Waals surface area contributed by atoms with Crippen molar-refractivity contribution in [1.82, 2.24) is 0 Å². The zero-order valence-corrected chi connectivity index (χ0v) is 10.7. The SMILES string of the molecule is CCOC(=O)c1ccccc1-c1ccc(N)c(N)c1. The van der Waals surface area contributed by atoms with E-state index in [1.54, 1.807) is 31.2 Å². The summed E-state index contributed by atoms with van der Waals surface area (Å²) in [5.41, 5.74) is 14.7. The predicted molar refractivity (Wildman–Crippen MR) is 76.7 cm³/mol. The van der Waals surface area contributed by atoms with E-state index in [2.05, 4.69) is 0 Å². The van der Waals surface area contributed by atoms with Crippen molar-refractivity contribution in [1.29, 1.82) is 0 Å². The van der Waals surface area contributed by atoms with Crippen LogP contribution in [0.4, 0.5) is 11.4 Å². The van der Waals surface area contributed by atoms with Crippen LogP contribution in [-0.4, -0.2) is 12.6 Å². The highest BCUT2D eigenvalue weighted by Gasteiger charge is 2.13. The molecule has 0 saturated carbocycles. The van der Waals surface area contributed by atoms with Crippen molar-refractivity contribution in [3.8, 4) is 11.1 Å². The van der Waals surface area contributed by atoms with Crippen molar-refractivity contribution in [3.63, 3.8) is 0 Å². The van der Waals surface area contributed by atoms with Gasteiger partial charge in [0.25, 0.3) is 0 Å². The van der Waals surface area contributed by atoms with Gasteiger partial charge in [-0.3, -0.25) is 0 Å². The fourth-order valence-electron chi connectivity index (χ4n) is 1.86. The van der Waals surface area contributed by atoms with Crippen molar-refractivity contribution in [2.45, 2.75) is 6.92 Å². The van der Waals surface area contributed by atoms with Gasteiger partial charge in [-0.05, 0) is 36.2 Å². The quantitative estimate of drug-likeness (QED) is 0.653. The Morgan fingerprint density at radius 3 is 2.53 bits per heavy atom. The van der Waals surface area contributed by atoms with Gasteiger partial charge in [0, 0.05) is 0 Å². The molecule has 2 aromatic carbocycles. The van der Waals surface area contributed by atoms with E-state index in [9.17, 15) is 4.79 Å².